The van der Waals surface area contributed by atoms with E-state index in [1.54, 1.807) is 0 Å². The predicted octanol–water partition coefficient (Wildman–Crippen LogP) is 20.2. The van der Waals surface area contributed by atoms with Crippen LogP contribution in [0.1, 0.15) is 316 Å². The van der Waals surface area contributed by atoms with Crippen molar-refractivity contribution in [2.24, 2.45) is 0 Å². The van der Waals surface area contributed by atoms with Crippen molar-refractivity contribution in [3.8, 4) is 0 Å². The number of allylic oxidation sites excluding steroid dienone is 8. The van der Waals surface area contributed by atoms with Gasteiger partial charge in [0, 0.05) is 19.3 Å². The van der Waals surface area contributed by atoms with Gasteiger partial charge >= 0.3 is 17.9 Å². The minimum absolute atomic E-state index is 0.0769. The molecule has 6 nitrogen and oxygen atoms in total. The third kappa shape index (κ3) is 56.2. The van der Waals surface area contributed by atoms with Crippen LogP contribution in [0.2, 0.25) is 0 Å². The van der Waals surface area contributed by atoms with E-state index >= 15 is 0 Å². The maximum Gasteiger partial charge on any atom is 0.306 e. The molecule has 402 valence electrons. The topological polar surface area (TPSA) is 78.9 Å². The molecule has 0 N–H and O–H groups in total. The number of hydrogen-bond donors (Lipinski definition) is 0. The van der Waals surface area contributed by atoms with E-state index in [0.717, 1.165) is 83.5 Å². The molecule has 0 bridgehead atoms. The summed E-state index contributed by atoms with van der Waals surface area (Å²) in [6.07, 6.45) is 71.0. The average molecular weight is 968 g/mol. The molecule has 0 aliphatic carbocycles. The number of carbonyl (C=O) groups is 3. The van der Waals surface area contributed by atoms with E-state index < -0.39 is 6.10 Å². The molecule has 0 fully saturated rings. The smallest absolute Gasteiger partial charge is 0.306 e. The van der Waals surface area contributed by atoms with Gasteiger partial charge in [-0.3, -0.25) is 14.4 Å². The number of hydrogen-bond acceptors (Lipinski definition) is 6. The van der Waals surface area contributed by atoms with E-state index in [9.17, 15) is 14.4 Å². The zero-order chi connectivity index (χ0) is 50.0. The summed E-state index contributed by atoms with van der Waals surface area (Å²) in [5, 5.41) is 0. The molecule has 0 heterocycles. The van der Waals surface area contributed by atoms with Crippen molar-refractivity contribution in [3.63, 3.8) is 0 Å². The maximum atomic E-state index is 12.9. The lowest BCUT2D eigenvalue weighted by molar-refractivity contribution is -0.167. The fourth-order valence-electron chi connectivity index (χ4n) is 8.73. The lowest BCUT2D eigenvalue weighted by atomic mass is 10.0. The highest BCUT2D eigenvalue weighted by Crippen LogP contribution is 2.17. The molecule has 0 aromatic rings. The third-order valence-corrected chi connectivity index (χ3v) is 13.3. The Balaban J connectivity index is 4.35. The number of ether oxygens (including phenoxy) is 3. The molecule has 0 rings (SSSR count). The van der Waals surface area contributed by atoms with Gasteiger partial charge in [-0.15, -0.1) is 0 Å². The van der Waals surface area contributed by atoms with E-state index in [2.05, 4.69) is 69.4 Å². The molecule has 69 heavy (non-hydrogen) atoms. The van der Waals surface area contributed by atoms with Crippen LogP contribution in [0.4, 0.5) is 0 Å². The fourth-order valence-corrected chi connectivity index (χ4v) is 8.73. The van der Waals surface area contributed by atoms with Gasteiger partial charge in [-0.05, 0) is 77.0 Å². The van der Waals surface area contributed by atoms with Crippen LogP contribution in [-0.2, 0) is 28.6 Å². The van der Waals surface area contributed by atoms with Gasteiger partial charge in [0.15, 0.2) is 6.10 Å². The van der Waals surface area contributed by atoms with E-state index in [1.807, 2.05) is 0 Å². The van der Waals surface area contributed by atoms with Crippen LogP contribution in [0.25, 0.3) is 0 Å². The minimum Gasteiger partial charge on any atom is -0.462 e. The zero-order valence-electron chi connectivity index (χ0n) is 46.1. The van der Waals surface area contributed by atoms with Crippen LogP contribution >= 0.6 is 0 Å². The van der Waals surface area contributed by atoms with Crippen molar-refractivity contribution in [3.05, 3.63) is 48.6 Å². The fraction of sp³-hybridized carbons (Fsp3) is 0.825. The first kappa shape index (κ1) is 66.4. The summed E-state index contributed by atoms with van der Waals surface area (Å²) < 4.78 is 16.9. The van der Waals surface area contributed by atoms with Gasteiger partial charge in [0.2, 0.25) is 0 Å². The molecule has 0 aromatic heterocycles. The summed E-state index contributed by atoms with van der Waals surface area (Å²) in [6, 6.07) is 0. The molecule has 0 saturated carbocycles. The van der Waals surface area contributed by atoms with Gasteiger partial charge in [0.05, 0.1) is 0 Å². The third-order valence-electron chi connectivity index (χ3n) is 13.3. The number of carbonyl (C=O) groups excluding carboxylic acids is 3. The maximum absolute atomic E-state index is 12.9. The standard InChI is InChI=1S/C63H114O6/c1-4-7-10-13-16-19-22-25-28-30-32-34-35-38-41-44-47-50-53-56-62(65)68-59-60(58-67-61(64)55-52-49-46-43-40-37-27-24-21-18-15-12-9-6-3)69-63(66)57-54-51-48-45-42-39-36-33-31-29-26-23-20-17-14-11-8-5-2/h15-16,18-19,24-25,27-28,60H,4-14,17,20-23,26,29-59H2,1-3H3/b18-15+,19-16+,27-24+,28-25+/t60-/m1/s1. The summed E-state index contributed by atoms with van der Waals surface area (Å²) in [5.74, 6) is -0.877. The van der Waals surface area contributed by atoms with Crippen LogP contribution in [0.5, 0.6) is 0 Å². The van der Waals surface area contributed by atoms with Crippen LogP contribution < -0.4 is 0 Å². The summed E-state index contributed by atoms with van der Waals surface area (Å²) >= 11 is 0. The first-order valence-corrected chi connectivity index (χ1v) is 30.1. The van der Waals surface area contributed by atoms with Gasteiger partial charge in [0.25, 0.3) is 0 Å². The highest BCUT2D eigenvalue weighted by Gasteiger charge is 2.19. The molecule has 0 unspecified atom stereocenters. The lowest BCUT2D eigenvalue weighted by Gasteiger charge is -2.18. The summed E-state index contributed by atoms with van der Waals surface area (Å²) in [5.41, 5.74) is 0. The van der Waals surface area contributed by atoms with E-state index in [-0.39, 0.29) is 31.1 Å². The Bertz CT molecular complexity index is 1200. The highest BCUT2D eigenvalue weighted by molar-refractivity contribution is 5.71. The second-order valence-corrected chi connectivity index (χ2v) is 20.3. The molecule has 0 spiro atoms. The van der Waals surface area contributed by atoms with Crippen molar-refractivity contribution in [2.45, 2.75) is 322 Å². The molecule has 0 aliphatic rings. The van der Waals surface area contributed by atoms with E-state index in [0.29, 0.717) is 19.3 Å². The van der Waals surface area contributed by atoms with Gasteiger partial charge in [0.1, 0.15) is 13.2 Å². The first-order chi connectivity index (χ1) is 34.0. The Hall–Kier alpha value is -2.63. The summed E-state index contributed by atoms with van der Waals surface area (Å²) in [7, 11) is 0. The molecular weight excluding hydrogens is 853 g/mol. The molecule has 0 radical (unpaired) electrons. The van der Waals surface area contributed by atoms with Gasteiger partial charge < -0.3 is 14.2 Å². The Morgan fingerprint density at radius 1 is 0.290 bits per heavy atom. The first-order valence-electron chi connectivity index (χ1n) is 30.1. The molecule has 0 amide bonds. The Kier molecular flexibility index (Phi) is 55.7. The van der Waals surface area contributed by atoms with E-state index in [1.165, 1.54) is 193 Å². The quantitative estimate of drug-likeness (QED) is 0.0262. The second-order valence-electron chi connectivity index (χ2n) is 20.3. The van der Waals surface area contributed by atoms with Gasteiger partial charge in [-0.1, -0.05) is 268 Å². The molecule has 1 atom stereocenters. The van der Waals surface area contributed by atoms with Crippen molar-refractivity contribution in [1.82, 2.24) is 0 Å². The number of esters is 3. The predicted molar refractivity (Wildman–Crippen MR) is 298 cm³/mol. The van der Waals surface area contributed by atoms with Gasteiger partial charge in [-0.2, -0.15) is 0 Å². The summed E-state index contributed by atoms with van der Waals surface area (Å²) in [4.78, 5) is 38.2. The zero-order valence-corrected chi connectivity index (χ0v) is 46.1. The lowest BCUT2D eigenvalue weighted by Crippen LogP contribution is -2.30. The molecule has 6 heteroatoms. The Labute approximate surface area is 428 Å². The van der Waals surface area contributed by atoms with Crippen molar-refractivity contribution >= 4 is 17.9 Å². The monoisotopic (exact) mass is 967 g/mol. The van der Waals surface area contributed by atoms with Crippen molar-refractivity contribution < 1.29 is 28.6 Å². The van der Waals surface area contributed by atoms with Crippen LogP contribution in [0.3, 0.4) is 0 Å². The Morgan fingerprint density at radius 3 is 0.870 bits per heavy atom. The normalized spacial score (nSPS) is 12.3. The Morgan fingerprint density at radius 2 is 0.536 bits per heavy atom. The SMILES string of the molecule is CCCC/C=C/C/C=C/CCCCCCCC(=O)OC[C@H](COC(=O)CCCCCCCCCCC/C=C/C/C=C/CCCCC)OC(=O)CCCCCCCCCCCCCCCCCCCC. The molecular formula is C63H114O6. The van der Waals surface area contributed by atoms with Crippen molar-refractivity contribution in [1.29, 1.82) is 0 Å². The van der Waals surface area contributed by atoms with Crippen molar-refractivity contribution in [2.75, 3.05) is 13.2 Å². The number of unbranched alkanes of at least 4 members (excludes halogenated alkanes) is 36. The highest BCUT2D eigenvalue weighted by atomic mass is 16.6. The van der Waals surface area contributed by atoms with Crippen LogP contribution in [0, 0.1) is 0 Å². The van der Waals surface area contributed by atoms with E-state index in [4.69, 9.17) is 14.2 Å². The second kappa shape index (κ2) is 57.9. The number of rotatable bonds is 55. The van der Waals surface area contributed by atoms with Gasteiger partial charge in [-0.25, -0.2) is 0 Å². The summed E-state index contributed by atoms with van der Waals surface area (Å²) in [6.45, 7) is 6.60. The van der Waals surface area contributed by atoms with Crippen LogP contribution in [0.15, 0.2) is 48.6 Å². The van der Waals surface area contributed by atoms with Crippen LogP contribution in [-0.4, -0.2) is 37.2 Å². The minimum atomic E-state index is -0.779. The molecule has 0 saturated heterocycles. The largest absolute Gasteiger partial charge is 0.462 e. The molecule has 0 aromatic carbocycles. The molecule has 0 aliphatic heterocycles. The average Bonchev–Trinajstić information content (AvgIpc) is 3.35.